The van der Waals surface area contributed by atoms with Gasteiger partial charge in [-0.25, -0.2) is 9.78 Å². The van der Waals surface area contributed by atoms with E-state index in [0.717, 1.165) is 10.1 Å². The number of imidazole rings is 1. The van der Waals surface area contributed by atoms with Gasteiger partial charge in [-0.1, -0.05) is 18.2 Å². The molecule has 0 fully saturated rings. The Morgan fingerprint density at radius 3 is 2.56 bits per heavy atom. The summed E-state index contributed by atoms with van der Waals surface area (Å²) in [6.07, 6.45) is 1.48. The van der Waals surface area contributed by atoms with Gasteiger partial charge >= 0.3 is 5.69 Å². The molecule has 4 aromatic rings. The molecule has 0 aliphatic rings. The fraction of sp³-hybridized carbons (Fsp3) is 0.188. The largest absolute Gasteiger partial charge is 0.419 e. The van der Waals surface area contributed by atoms with Gasteiger partial charge < -0.3 is 8.98 Å². The summed E-state index contributed by atoms with van der Waals surface area (Å²) in [5.41, 5.74) is 0.598. The zero-order chi connectivity index (χ0) is 17.6. The van der Waals surface area contributed by atoms with E-state index in [1.165, 1.54) is 17.9 Å². The molecule has 0 aliphatic carbocycles. The summed E-state index contributed by atoms with van der Waals surface area (Å²) in [6, 6.07) is 9.41. The van der Waals surface area contributed by atoms with E-state index < -0.39 is 11.2 Å². The third-order valence-electron chi connectivity index (χ3n) is 4.01. The Hall–Kier alpha value is -3.49. The van der Waals surface area contributed by atoms with Gasteiger partial charge in [0.25, 0.3) is 5.56 Å². The van der Waals surface area contributed by atoms with Crippen LogP contribution in [0.4, 0.5) is 0 Å². The Balaban J connectivity index is 1.77. The van der Waals surface area contributed by atoms with Crippen molar-refractivity contribution in [3.05, 3.63) is 63.4 Å². The Kier molecular flexibility index (Phi) is 3.34. The molecule has 9 heteroatoms. The first-order valence-corrected chi connectivity index (χ1v) is 7.55. The average molecular weight is 338 g/mol. The molecule has 0 saturated heterocycles. The van der Waals surface area contributed by atoms with Gasteiger partial charge in [0, 0.05) is 19.7 Å². The van der Waals surface area contributed by atoms with E-state index in [4.69, 9.17) is 4.42 Å². The second-order valence-electron chi connectivity index (χ2n) is 5.62. The van der Waals surface area contributed by atoms with E-state index in [1.807, 2.05) is 30.3 Å². The topological polar surface area (TPSA) is 101 Å². The smallest absolute Gasteiger partial charge is 0.332 e. The van der Waals surface area contributed by atoms with E-state index in [-0.39, 0.29) is 6.54 Å². The summed E-state index contributed by atoms with van der Waals surface area (Å²) in [6.45, 7) is 0.184. The maximum Gasteiger partial charge on any atom is 0.332 e. The van der Waals surface area contributed by atoms with Crippen LogP contribution in [0.15, 0.2) is 50.7 Å². The number of rotatable bonds is 3. The van der Waals surface area contributed by atoms with Crippen LogP contribution in [0, 0.1) is 0 Å². The van der Waals surface area contributed by atoms with Crippen LogP contribution in [-0.2, 0) is 20.6 Å². The maximum atomic E-state index is 12.4. The first-order chi connectivity index (χ1) is 12.1. The molecule has 4 rings (SSSR count). The Morgan fingerprint density at radius 2 is 1.80 bits per heavy atom. The lowest BCUT2D eigenvalue weighted by molar-refractivity contribution is 0.490. The minimum atomic E-state index is -0.424. The van der Waals surface area contributed by atoms with Gasteiger partial charge in [0.1, 0.15) is 6.54 Å². The summed E-state index contributed by atoms with van der Waals surface area (Å²) in [5, 5.41) is 8.05. The zero-order valence-corrected chi connectivity index (χ0v) is 13.6. The van der Waals surface area contributed by atoms with Gasteiger partial charge in [-0.3, -0.25) is 13.9 Å². The molecule has 0 amide bonds. The van der Waals surface area contributed by atoms with Gasteiger partial charge in [-0.2, -0.15) is 0 Å². The predicted molar refractivity (Wildman–Crippen MR) is 89.1 cm³/mol. The number of hydrogen-bond donors (Lipinski definition) is 0. The van der Waals surface area contributed by atoms with Crippen molar-refractivity contribution in [2.75, 3.05) is 0 Å². The van der Waals surface area contributed by atoms with Crippen LogP contribution >= 0.6 is 0 Å². The Bertz CT molecular complexity index is 1180. The van der Waals surface area contributed by atoms with Crippen molar-refractivity contribution in [3.63, 3.8) is 0 Å². The van der Waals surface area contributed by atoms with Crippen molar-refractivity contribution in [2.24, 2.45) is 14.1 Å². The van der Waals surface area contributed by atoms with Crippen molar-refractivity contribution < 1.29 is 4.42 Å². The molecule has 3 aromatic heterocycles. The SMILES string of the molecule is Cn1c(=O)c2c(ncn2Cc2nnc(-c3ccccc3)o2)n(C)c1=O. The van der Waals surface area contributed by atoms with Gasteiger partial charge in [0.15, 0.2) is 11.2 Å². The first kappa shape index (κ1) is 15.1. The molecule has 1 aromatic carbocycles. The average Bonchev–Trinajstić information content (AvgIpc) is 3.27. The molecule has 0 spiro atoms. The summed E-state index contributed by atoms with van der Waals surface area (Å²) in [5.74, 6) is 0.745. The van der Waals surface area contributed by atoms with E-state index in [9.17, 15) is 9.59 Å². The number of fused-ring (bicyclic) bond motifs is 1. The molecule has 0 aliphatic heterocycles. The van der Waals surface area contributed by atoms with E-state index in [1.54, 1.807) is 11.6 Å². The quantitative estimate of drug-likeness (QED) is 0.540. The lowest BCUT2D eigenvalue weighted by atomic mass is 10.2. The van der Waals surface area contributed by atoms with E-state index >= 15 is 0 Å². The summed E-state index contributed by atoms with van der Waals surface area (Å²) >= 11 is 0. The minimum absolute atomic E-state index is 0.184. The normalized spacial score (nSPS) is 11.3. The molecule has 0 saturated carbocycles. The van der Waals surface area contributed by atoms with Crippen LogP contribution in [0.3, 0.4) is 0 Å². The van der Waals surface area contributed by atoms with Crippen LogP contribution in [0.5, 0.6) is 0 Å². The Morgan fingerprint density at radius 1 is 1.04 bits per heavy atom. The molecule has 0 unspecified atom stereocenters. The Labute approximate surface area is 140 Å². The van der Waals surface area contributed by atoms with Crippen molar-refractivity contribution in [3.8, 4) is 11.5 Å². The summed E-state index contributed by atoms with van der Waals surface area (Å²) in [7, 11) is 3.00. The zero-order valence-electron chi connectivity index (χ0n) is 13.6. The monoisotopic (exact) mass is 338 g/mol. The van der Waals surface area contributed by atoms with Crippen molar-refractivity contribution in [1.82, 2.24) is 28.9 Å². The molecule has 0 radical (unpaired) electrons. The third-order valence-corrected chi connectivity index (χ3v) is 4.01. The third kappa shape index (κ3) is 2.36. The number of hydrogen-bond acceptors (Lipinski definition) is 6. The maximum absolute atomic E-state index is 12.4. The molecule has 25 heavy (non-hydrogen) atoms. The molecule has 3 heterocycles. The van der Waals surface area contributed by atoms with Crippen LogP contribution in [0.2, 0.25) is 0 Å². The number of aromatic nitrogens is 6. The van der Waals surface area contributed by atoms with Crippen LogP contribution in [0.1, 0.15) is 5.89 Å². The minimum Gasteiger partial charge on any atom is -0.419 e. The number of aryl methyl sites for hydroxylation is 1. The van der Waals surface area contributed by atoms with Gasteiger partial charge in [-0.05, 0) is 12.1 Å². The number of benzene rings is 1. The highest BCUT2D eigenvalue weighted by Gasteiger charge is 2.16. The fourth-order valence-corrected chi connectivity index (χ4v) is 2.68. The van der Waals surface area contributed by atoms with Crippen LogP contribution in [0.25, 0.3) is 22.6 Å². The van der Waals surface area contributed by atoms with E-state index in [0.29, 0.717) is 22.9 Å². The molecular weight excluding hydrogens is 324 g/mol. The molecule has 0 N–H and O–H groups in total. The highest BCUT2D eigenvalue weighted by Crippen LogP contribution is 2.18. The standard InChI is InChI=1S/C16H14N6O3/c1-20-13-12(15(23)21(2)16(20)24)22(9-17-13)8-11-18-19-14(25-11)10-6-4-3-5-7-10/h3-7,9H,8H2,1-2H3. The second kappa shape index (κ2) is 5.55. The van der Waals surface area contributed by atoms with Crippen LogP contribution < -0.4 is 11.2 Å². The summed E-state index contributed by atoms with van der Waals surface area (Å²) < 4.78 is 9.64. The first-order valence-electron chi connectivity index (χ1n) is 7.55. The van der Waals surface area contributed by atoms with Gasteiger partial charge in [0.05, 0.1) is 6.33 Å². The van der Waals surface area contributed by atoms with E-state index in [2.05, 4.69) is 15.2 Å². The van der Waals surface area contributed by atoms with Crippen molar-refractivity contribution in [2.45, 2.75) is 6.54 Å². The van der Waals surface area contributed by atoms with Gasteiger partial charge in [-0.15, -0.1) is 10.2 Å². The molecule has 0 atom stereocenters. The summed E-state index contributed by atoms with van der Waals surface area (Å²) in [4.78, 5) is 28.6. The van der Waals surface area contributed by atoms with Crippen molar-refractivity contribution in [1.29, 1.82) is 0 Å². The van der Waals surface area contributed by atoms with Crippen molar-refractivity contribution >= 4 is 11.2 Å². The molecule has 0 bridgehead atoms. The molecule has 9 nitrogen and oxygen atoms in total. The fourth-order valence-electron chi connectivity index (χ4n) is 2.68. The lowest BCUT2D eigenvalue weighted by Gasteiger charge is -2.04. The highest BCUT2D eigenvalue weighted by atomic mass is 16.4. The van der Waals surface area contributed by atoms with Gasteiger partial charge in [0.2, 0.25) is 11.8 Å². The van der Waals surface area contributed by atoms with Crippen LogP contribution in [-0.4, -0.2) is 28.9 Å². The molecular formula is C16H14N6O3. The molecule has 126 valence electrons. The predicted octanol–water partition coefficient (Wildman–Crippen LogP) is 0.532. The highest BCUT2D eigenvalue weighted by molar-refractivity contribution is 5.70. The number of nitrogens with zero attached hydrogens (tertiary/aromatic N) is 6. The second-order valence-corrected chi connectivity index (χ2v) is 5.62. The lowest BCUT2D eigenvalue weighted by Crippen LogP contribution is -2.37.